The molecule has 0 atom stereocenters. The summed E-state index contributed by atoms with van der Waals surface area (Å²) in [6, 6.07) is 14.0. The minimum atomic E-state index is -0.160. The highest BCUT2D eigenvalue weighted by molar-refractivity contribution is 6.05. The molecule has 116 valence electrons. The van der Waals surface area contributed by atoms with Crippen LogP contribution in [0.5, 0.6) is 11.5 Å². The van der Waals surface area contributed by atoms with Crippen molar-refractivity contribution in [2.45, 2.75) is 0 Å². The summed E-state index contributed by atoms with van der Waals surface area (Å²) in [5, 5.41) is 11.7. The van der Waals surface area contributed by atoms with Crippen molar-refractivity contribution >= 4 is 11.5 Å². The Hall–Kier alpha value is -3.26. The van der Waals surface area contributed by atoms with Crippen molar-refractivity contribution in [2.75, 3.05) is 19.5 Å². The van der Waals surface area contributed by atoms with Crippen LogP contribution in [0.1, 0.15) is 15.9 Å². The number of benzene rings is 2. The predicted molar refractivity (Wildman–Crippen MR) is 87.8 cm³/mol. The number of nitriles is 1. The molecule has 0 bridgehead atoms. The van der Waals surface area contributed by atoms with Crippen LogP contribution in [-0.2, 0) is 0 Å². The van der Waals surface area contributed by atoms with E-state index in [0.717, 1.165) is 5.69 Å². The van der Waals surface area contributed by atoms with Gasteiger partial charge in [-0.3, -0.25) is 4.79 Å². The summed E-state index contributed by atoms with van der Waals surface area (Å²) in [5.41, 5.74) is 1.88. The Morgan fingerprint density at radius 1 is 1.09 bits per heavy atom. The third-order valence-electron chi connectivity index (χ3n) is 3.17. The summed E-state index contributed by atoms with van der Waals surface area (Å²) in [5.74, 6) is 0.919. The van der Waals surface area contributed by atoms with Gasteiger partial charge in [0, 0.05) is 23.5 Å². The number of nitrogens with one attached hydrogen (secondary N) is 1. The third-order valence-corrected chi connectivity index (χ3v) is 3.17. The van der Waals surface area contributed by atoms with Gasteiger partial charge in [0.05, 0.1) is 25.9 Å². The van der Waals surface area contributed by atoms with E-state index in [9.17, 15) is 4.79 Å². The topological polar surface area (TPSA) is 71.3 Å². The number of carbonyl (C=O) groups excluding carboxylic acids is 1. The molecule has 0 aliphatic heterocycles. The van der Waals surface area contributed by atoms with Crippen LogP contribution < -0.4 is 14.8 Å². The number of carbonyl (C=O) groups is 1. The first kappa shape index (κ1) is 16.1. The number of ketones is 1. The molecule has 0 saturated carbocycles. The second kappa shape index (κ2) is 7.66. The first-order chi connectivity index (χ1) is 11.2. The van der Waals surface area contributed by atoms with E-state index in [-0.39, 0.29) is 5.78 Å². The van der Waals surface area contributed by atoms with Crippen LogP contribution in [0.4, 0.5) is 5.69 Å². The van der Waals surface area contributed by atoms with E-state index >= 15 is 0 Å². The Balaban J connectivity index is 2.04. The Morgan fingerprint density at radius 2 is 1.78 bits per heavy atom. The summed E-state index contributed by atoms with van der Waals surface area (Å²) in [7, 11) is 3.06. The number of rotatable bonds is 6. The molecule has 0 saturated heterocycles. The quantitative estimate of drug-likeness (QED) is 0.654. The molecule has 0 fully saturated rings. The number of nitrogens with zero attached hydrogens (tertiary/aromatic N) is 1. The lowest BCUT2D eigenvalue weighted by molar-refractivity contribution is 0.104. The maximum Gasteiger partial charge on any atom is 0.187 e. The summed E-state index contributed by atoms with van der Waals surface area (Å²) in [6.45, 7) is 0. The molecule has 2 aromatic rings. The van der Waals surface area contributed by atoms with Gasteiger partial charge in [-0.2, -0.15) is 5.26 Å². The van der Waals surface area contributed by atoms with Gasteiger partial charge >= 0.3 is 0 Å². The van der Waals surface area contributed by atoms with Crippen LogP contribution >= 0.6 is 0 Å². The van der Waals surface area contributed by atoms with Crippen molar-refractivity contribution in [2.24, 2.45) is 0 Å². The van der Waals surface area contributed by atoms with E-state index < -0.39 is 0 Å². The summed E-state index contributed by atoms with van der Waals surface area (Å²) in [4.78, 5) is 12.1. The lowest BCUT2D eigenvalue weighted by Gasteiger charge is -2.08. The van der Waals surface area contributed by atoms with Crippen LogP contribution in [0.15, 0.2) is 54.7 Å². The van der Waals surface area contributed by atoms with E-state index in [1.165, 1.54) is 13.2 Å². The van der Waals surface area contributed by atoms with Crippen molar-refractivity contribution in [1.82, 2.24) is 0 Å². The van der Waals surface area contributed by atoms with E-state index in [1.807, 2.05) is 6.07 Å². The van der Waals surface area contributed by atoms with Gasteiger partial charge in [0.2, 0.25) is 0 Å². The molecule has 5 nitrogen and oxygen atoms in total. The zero-order valence-corrected chi connectivity index (χ0v) is 12.9. The SMILES string of the molecule is COc1ccc(C(=O)/C=C/Nc2ccc(C#N)cc2)cc1OC. The highest BCUT2D eigenvalue weighted by atomic mass is 16.5. The van der Waals surface area contributed by atoms with Gasteiger partial charge in [0.15, 0.2) is 17.3 Å². The number of methoxy groups -OCH3 is 2. The molecule has 5 heteroatoms. The number of allylic oxidation sites excluding steroid dienone is 1. The zero-order valence-electron chi connectivity index (χ0n) is 12.9. The summed E-state index contributed by atoms with van der Waals surface area (Å²) >= 11 is 0. The Morgan fingerprint density at radius 3 is 2.39 bits per heavy atom. The van der Waals surface area contributed by atoms with Gasteiger partial charge < -0.3 is 14.8 Å². The Kier molecular flexibility index (Phi) is 5.37. The standard InChI is InChI=1S/C18H16N2O3/c1-22-17-8-5-14(11-18(17)23-2)16(21)9-10-20-15-6-3-13(12-19)4-7-15/h3-11,20H,1-2H3/b10-9+. The fourth-order valence-electron chi connectivity index (χ4n) is 1.94. The van der Waals surface area contributed by atoms with Gasteiger partial charge in [-0.05, 0) is 42.5 Å². The number of hydrogen-bond acceptors (Lipinski definition) is 5. The van der Waals surface area contributed by atoms with Gasteiger partial charge in [0.1, 0.15) is 0 Å². The fourth-order valence-corrected chi connectivity index (χ4v) is 1.94. The zero-order chi connectivity index (χ0) is 16.7. The van der Waals surface area contributed by atoms with Crippen molar-refractivity contribution in [3.05, 3.63) is 65.9 Å². The molecule has 0 amide bonds. The lowest BCUT2D eigenvalue weighted by atomic mass is 10.1. The summed E-state index contributed by atoms with van der Waals surface area (Å²) in [6.07, 6.45) is 2.99. The highest BCUT2D eigenvalue weighted by Crippen LogP contribution is 2.27. The number of ether oxygens (including phenoxy) is 2. The minimum absolute atomic E-state index is 0.160. The fraction of sp³-hybridized carbons (Fsp3) is 0.111. The molecule has 0 spiro atoms. The van der Waals surface area contributed by atoms with Gasteiger partial charge in [-0.1, -0.05) is 0 Å². The first-order valence-electron chi connectivity index (χ1n) is 6.87. The van der Waals surface area contributed by atoms with Crippen molar-refractivity contribution < 1.29 is 14.3 Å². The van der Waals surface area contributed by atoms with E-state index in [4.69, 9.17) is 14.7 Å². The molecular formula is C18H16N2O3. The Labute approximate surface area is 134 Å². The average molecular weight is 308 g/mol. The molecule has 0 aliphatic rings. The highest BCUT2D eigenvalue weighted by Gasteiger charge is 2.08. The smallest absolute Gasteiger partial charge is 0.187 e. The first-order valence-corrected chi connectivity index (χ1v) is 6.87. The maximum absolute atomic E-state index is 12.1. The van der Waals surface area contributed by atoms with E-state index in [1.54, 1.807) is 55.8 Å². The largest absolute Gasteiger partial charge is 0.493 e. The predicted octanol–water partition coefficient (Wildman–Crippen LogP) is 3.38. The van der Waals surface area contributed by atoms with Crippen LogP contribution in [0, 0.1) is 11.3 Å². The summed E-state index contributed by atoms with van der Waals surface area (Å²) < 4.78 is 10.3. The van der Waals surface area contributed by atoms with Crippen LogP contribution in [-0.4, -0.2) is 20.0 Å². The molecule has 2 aromatic carbocycles. The normalized spacial score (nSPS) is 10.1. The maximum atomic E-state index is 12.1. The van der Waals surface area contributed by atoms with Crippen LogP contribution in [0.3, 0.4) is 0 Å². The number of hydrogen-bond donors (Lipinski definition) is 1. The second-order valence-electron chi connectivity index (χ2n) is 4.60. The Bertz CT molecular complexity index is 759. The van der Waals surface area contributed by atoms with E-state index in [0.29, 0.717) is 22.6 Å². The van der Waals surface area contributed by atoms with Crippen molar-refractivity contribution in [3.63, 3.8) is 0 Å². The van der Waals surface area contributed by atoms with Crippen molar-refractivity contribution in [1.29, 1.82) is 5.26 Å². The molecule has 23 heavy (non-hydrogen) atoms. The molecule has 0 radical (unpaired) electrons. The second-order valence-corrected chi connectivity index (χ2v) is 4.60. The molecule has 2 rings (SSSR count). The van der Waals surface area contributed by atoms with E-state index in [2.05, 4.69) is 5.32 Å². The average Bonchev–Trinajstić information content (AvgIpc) is 2.61. The van der Waals surface area contributed by atoms with Gasteiger partial charge in [-0.25, -0.2) is 0 Å². The van der Waals surface area contributed by atoms with Gasteiger partial charge in [-0.15, -0.1) is 0 Å². The molecule has 0 aliphatic carbocycles. The van der Waals surface area contributed by atoms with Crippen LogP contribution in [0.2, 0.25) is 0 Å². The minimum Gasteiger partial charge on any atom is -0.493 e. The molecule has 0 unspecified atom stereocenters. The molecule has 0 heterocycles. The monoisotopic (exact) mass is 308 g/mol. The van der Waals surface area contributed by atoms with Crippen molar-refractivity contribution in [3.8, 4) is 17.6 Å². The molecule has 0 aromatic heterocycles. The molecule has 1 N–H and O–H groups in total. The molecular weight excluding hydrogens is 292 g/mol. The lowest BCUT2D eigenvalue weighted by Crippen LogP contribution is -1.98. The van der Waals surface area contributed by atoms with Gasteiger partial charge in [0.25, 0.3) is 0 Å². The van der Waals surface area contributed by atoms with Crippen LogP contribution in [0.25, 0.3) is 0 Å². The number of anilines is 1. The third kappa shape index (κ3) is 4.11.